The van der Waals surface area contributed by atoms with Gasteiger partial charge in [-0.2, -0.15) is 0 Å². The molecule has 0 bridgehead atoms. The third-order valence-electron chi connectivity index (χ3n) is 5.56. The molecule has 2 aliphatic heterocycles. The van der Waals surface area contributed by atoms with Crippen LogP contribution in [0.3, 0.4) is 0 Å². The highest BCUT2D eigenvalue weighted by molar-refractivity contribution is 8.00. The van der Waals surface area contributed by atoms with E-state index in [1.807, 2.05) is 25.1 Å². The lowest BCUT2D eigenvalue weighted by Gasteiger charge is -2.49. The Balaban J connectivity index is 1.77. The highest BCUT2D eigenvalue weighted by Gasteiger charge is 2.54. The lowest BCUT2D eigenvalue weighted by molar-refractivity contribution is -0.157. The van der Waals surface area contributed by atoms with Gasteiger partial charge in [-0.05, 0) is 30.2 Å². The second-order valence-electron chi connectivity index (χ2n) is 7.90. The monoisotopic (exact) mass is 488 g/mol. The summed E-state index contributed by atoms with van der Waals surface area (Å²) in [6.45, 7) is 6.93. The van der Waals surface area contributed by atoms with E-state index in [1.54, 1.807) is 7.11 Å². The van der Waals surface area contributed by atoms with Crippen LogP contribution >= 0.6 is 11.8 Å². The highest BCUT2D eigenvalue weighted by Crippen LogP contribution is 2.45. The molecule has 0 aliphatic carbocycles. The van der Waals surface area contributed by atoms with E-state index in [0.29, 0.717) is 11.3 Å². The van der Waals surface area contributed by atoms with Crippen LogP contribution in [0.15, 0.2) is 42.1 Å². The molecule has 34 heavy (non-hydrogen) atoms. The number of benzene rings is 1. The van der Waals surface area contributed by atoms with Gasteiger partial charge in [0.2, 0.25) is 5.91 Å². The number of esters is 2. The molecule has 2 atom stereocenters. The van der Waals surface area contributed by atoms with E-state index in [2.05, 4.69) is 11.9 Å². The number of ether oxygens (including phenoxy) is 3. The Morgan fingerprint density at radius 2 is 2.06 bits per heavy atom. The Kier molecular flexibility index (Phi) is 8.38. The first-order chi connectivity index (χ1) is 16.3. The number of hydrogen-bond acceptors (Lipinski definition) is 8. The number of thioether (sulfide) groups is 1. The zero-order chi connectivity index (χ0) is 24.8. The maximum atomic E-state index is 13.2. The Morgan fingerprint density at radius 1 is 1.29 bits per heavy atom. The van der Waals surface area contributed by atoms with Gasteiger partial charge in [0.25, 0.3) is 5.91 Å². The second kappa shape index (κ2) is 11.2. The lowest BCUT2D eigenvalue weighted by atomic mass is 9.92. The zero-order valence-corrected chi connectivity index (χ0v) is 20.2. The maximum Gasteiger partial charge on any atom is 0.307 e. The van der Waals surface area contributed by atoms with Gasteiger partial charge in [0.15, 0.2) is 0 Å². The number of amides is 2. The number of carbonyl (C=O) groups is 4. The number of nitrogens with one attached hydrogen (secondary N) is 1. The Bertz CT molecular complexity index is 1040. The van der Waals surface area contributed by atoms with Gasteiger partial charge in [0.05, 0.1) is 24.8 Å². The van der Waals surface area contributed by atoms with E-state index in [1.165, 1.54) is 29.7 Å². The summed E-state index contributed by atoms with van der Waals surface area (Å²) in [6.07, 6.45) is 1.39. The minimum Gasteiger partial charge on any atom is -0.497 e. The van der Waals surface area contributed by atoms with Crippen molar-refractivity contribution in [2.75, 3.05) is 26.1 Å². The summed E-state index contributed by atoms with van der Waals surface area (Å²) < 4.78 is 15.3. The Labute approximate surface area is 202 Å². The molecule has 0 radical (unpaired) electrons. The van der Waals surface area contributed by atoms with Crippen LogP contribution in [0.5, 0.6) is 5.75 Å². The number of hydrogen-bond donors (Lipinski definition) is 1. The van der Waals surface area contributed by atoms with E-state index in [4.69, 9.17) is 14.2 Å². The van der Waals surface area contributed by atoms with Gasteiger partial charge >= 0.3 is 11.9 Å². The van der Waals surface area contributed by atoms with Crippen molar-refractivity contribution in [3.05, 3.63) is 53.3 Å². The molecule has 10 heteroatoms. The molecule has 1 fully saturated rings. The van der Waals surface area contributed by atoms with Crippen LogP contribution in [0.25, 0.3) is 0 Å². The van der Waals surface area contributed by atoms with Crippen LogP contribution in [0.1, 0.15) is 24.5 Å². The standard InChI is InChI=1S/C24H28N2O7S/c1-5-8-32-20(28)10-19-23(30)26-21(17(12-33-15(3)27)13-34-24(19)26)22(29)25-11-16-6-7-18(31-4)9-14(16)2/h5-7,9,19,24H,1,8,10-13H2,2-4H3,(H,25,29)/t19-,24-/m1/s1. The number of carbonyl (C=O) groups excluding carboxylic acids is 4. The second-order valence-corrected chi connectivity index (χ2v) is 9.00. The molecule has 2 amide bonds. The first-order valence-electron chi connectivity index (χ1n) is 10.7. The van der Waals surface area contributed by atoms with Crippen molar-refractivity contribution in [2.24, 2.45) is 5.92 Å². The van der Waals surface area contributed by atoms with Gasteiger partial charge in [-0.15, -0.1) is 11.8 Å². The van der Waals surface area contributed by atoms with Gasteiger partial charge in [0.1, 0.15) is 24.7 Å². The van der Waals surface area contributed by atoms with Crippen molar-refractivity contribution in [3.63, 3.8) is 0 Å². The average Bonchev–Trinajstić information content (AvgIpc) is 2.82. The molecule has 9 nitrogen and oxygen atoms in total. The van der Waals surface area contributed by atoms with E-state index in [9.17, 15) is 19.2 Å². The summed E-state index contributed by atoms with van der Waals surface area (Å²) in [6, 6.07) is 5.54. The smallest absolute Gasteiger partial charge is 0.307 e. The molecule has 0 aromatic heterocycles. The molecule has 2 aliphatic rings. The van der Waals surface area contributed by atoms with Crippen molar-refractivity contribution in [1.29, 1.82) is 0 Å². The van der Waals surface area contributed by atoms with Crippen LogP contribution in [0, 0.1) is 12.8 Å². The third-order valence-corrected chi connectivity index (χ3v) is 6.96. The molecular weight excluding hydrogens is 460 g/mol. The quantitative estimate of drug-likeness (QED) is 0.303. The van der Waals surface area contributed by atoms with Gasteiger partial charge in [-0.1, -0.05) is 18.7 Å². The summed E-state index contributed by atoms with van der Waals surface area (Å²) in [5.41, 5.74) is 2.57. The summed E-state index contributed by atoms with van der Waals surface area (Å²) in [5.74, 6) is -1.22. The fourth-order valence-corrected chi connectivity index (χ4v) is 5.17. The molecule has 2 heterocycles. The topological polar surface area (TPSA) is 111 Å². The largest absolute Gasteiger partial charge is 0.497 e. The first-order valence-corrected chi connectivity index (χ1v) is 11.8. The van der Waals surface area contributed by atoms with Crippen LogP contribution in [0.4, 0.5) is 0 Å². The molecule has 0 saturated carbocycles. The number of aryl methyl sites for hydroxylation is 1. The van der Waals surface area contributed by atoms with Crippen molar-refractivity contribution >= 4 is 35.5 Å². The number of rotatable bonds is 10. The fourth-order valence-electron chi connectivity index (χ4n) is 3.78. The van der Waals surface area contributed by atoms with Gasteiger partial charge in [-0.3, -0.25) is 24.1 Å². The number of fused-ring (bicyclic) bond motifs is 1. The molecule has 1 aromatic carbocycles. The predicted octanol–water partition coefficient (Wildman–Crippen LogP) is 2.09. The van der Waals surface area contributed by atoms with Crippen LogP contribution in [-0.2, 0) is 35.2 Å². The third kappa shape index (κ3) is 5.61. The van der Waals surface area contributed by atoms with Crippen molar-refractivity contribution in [3.8, 4) is 5.75 Å². The summed E-state index contributed by atoms with van der Waals surface area (Å²) in [5, 5.41) is 2.50. The number of nitrogens with zero attached hydrogens (tertiary/aromatic N) is 1. The molecule has 1 aromatic rings. The SMILES string of the molecule is C=CCOC(=O)C[C@@H]1C(=O)N2C(C(=O)NCc3ccc(OC)cc3C)=C(COC(C)=O)CS[C@H]12. The highest BCUT2D eigenvalue weighted by atomic mass is 32.2. The van der Waals surface area contributed by atoms with Crippen LogP contribution in [0.2, 0.25) is 0 Å². The molecule has 0 unspecified atom stereocenters. The normalized spacial score (nSPS) is 19.0. The van der Waals surface area contributed by atoms with E-state index in [0.717, 1.165) is 16.9 Å². The maximum absolute atomic E-state index is 13.2. The Morgan fingerprint density at radius 3 is 2.71 bits per heavy atom. The molecule has 182 valence electrons. The van der Waals surface area contributed by atoms with Gasteiger partial charge in [0, 0.05) is 24.8 Å². The summed E-state index contributed by atoms with van der Waals surface area (Å²) >= 11 is 1.43. The fraction of sp³-hybridized carbons (Fsp3) is 0.417. The van der Waals surface area contributed by atoms with Crippen molar-refractivity contribution in [1.82, 2.24) is 10.2 Å². The van der Waals surface area contributed by atoms with Gasteiger partial charge in [-0.25, -0.2) is 0 Å². The van der Waals surface area contributed by atoms with E-state index < -0.39 is 23.8 Å². The average molecular weight is 489 g/mol. The molecule has 3 rings (SSSR count). The predicted molar refractivity (Wildman–Crippen MR) is 126 cm³/mol. The Hall–Kier alpha value is -3.27. The first kappa shape index (κ1) is 25.4. The van der Waals surface area contributed by atoms with E-state index >= 15 is 0 Å². The van der Waals surface area contributed by atoms with Crippen LogP contribution in [-0.4, -0.2) is 60.1 Å². The zero-order valence-electron chi connectivity index (χ0n) is 19.4. The van der Waals surface area contributed by atoms with E-state index in [-0.39, 0.29) is 43.2 Å². The summed E-state index contributed by atoms with van der Waals surface area (Å²) in [4.78, 5) is 50.9. The minimum absolute atomic E-state index is 0.0694. The molecule has 1 N–H and O–H groups in total. The van der Waals surface area contributed by atoms with Crippen molar-refractivity contribution in [2.45, 2.75) is 32.2 Å². The number of methoxy groups -OCH3 is 1. The number of β-lactam (4-membered cyclic amide) rings is 1. The molecule has 0 spiro atoms. The lowest BCUT2D eigenvalue weighted by Crippen LogP contribution is -2.62. The minimum atomic E-state index is -0.579. The molecule has 1 saturated heterocycles. The molecular formula is C24H28N2O7S. The summed E-state index contributed by atoms with van der Waals surface area (Å²) in [7, 11) is 1.58. The van der Waals surface area contributed by atoms with Crippen LogP contribution < -0.4 is 10.1 Å². The van der Waals surface area contributed by atoms with Gasteiger partial charge < -0.3 is 19.5 Å². The van der Waals surface area contributed by atoms with Crippen molar-refractivity contribution < 1.29 is 33.4 Å².